The second kappa shape index (κ2) is 6.00. The van der Waals surface area contributed by atoms with E-state index in [0.717, 1.165) is 38.1 Å². The van der Waals surface area contributed by atoms with Crippen LogP contribution in [0.15, 0.2) is 22.8 Å². The molecular formula is C16H25N2O2+. The molecule has 2 aliphatic rings. The predicted octanol–water partition coefficient (Wildman–Crippen LogP) is 1.20. The van der Waals surface area contributed by atoms with Crippen molar-refractivity contribution in [2.24, 2.45) is 5.92 Å². The fourth-order valence-corrected chi connectivity index (χ4v) is 3.77. The molecule has 1 aromatic rings. The van der Waals surface area contributed by atoms with E-state index in [1.54, 1.807) is 23.3 Å². The Bertz CT molecular complexity index is 435. The molecule has 3 rings (SSSR count). The second-order valence-corrected chi connectivity index (χ2v) is 6.40. The van der Waals surface area contributed by atoms with Gasteiger partial charge in [-0.1, -0.05) is 13.3 Å². The Hall–Kier alpha value is -1.29. The summed E-state index contributed by atoms with van der Waals surface area (Å²) in [5.74, 6) is 1.40. The molecular weight excluding hydrogens is 252 g/mol. The maximum atomic E-state index is 12.2. The van der Waals surface area contributed by atoms with Crippen LogP contribution in [0.3, 0.4) is 0 Å². The maximum absolute atomic E-state index is 12.2. The van der Waals surface area contributed by atoms with E-state index in [9.17, 15) is 4.79 Å². The van der Waals surface area contributed by atoms with Crippen molar-refractivity contribution in [3.63, 3.8) is 0 Å². The molecule has 2 fully saturated rings. The molecule has 20 heavy (non-hydrogen) atoms. The van der Waals surface area contributed by atoms with Crippen molar-refractivity contribution in [1.29, 1.82) is 0 Å². The summed E-state index contributed by atoms with van der Waals surface area (Å²) < 4.78 is 5.21. The van der Waals surface area contributed by atoms with E-state index in [1.165, 1.54) is 25.7 Å². The minimum atomic E-state index is 0.0473. The topological polar surface area (TPSA) is 37.9 Å². The highest BCUT2D eigenvalue weighted by atomic mass is 16.3. The molecule has 2 atom stereocenters. The Morgan fingerprint density at radius 1 is 1.35 bits per heavy atom. The van der Waals surface area contributed by atoms with Gasteiger partial charge >= 0.3 is 0 Å². The first kappa shape index (κ1) is 13.7. The van der Waals surface area contributed by atoms with Crippen LogP contribution >= 0.6 is 0 Å². The SMILES string of the molecule is C[C@@H]1CCC[C@@H]([NH+]2CCN(C(=O)c3ccco3)CC2)C1. The predicted molar refractivity (Wildman–Crippen MR) is 76.7 cm³/mol. The van der Waals surface area contributed by atoms with E-state index in [-0.39, 0.29) is 5.91 Å². The Kier molecular flexibility index (Phi) is 4.10. The average Bonchev–Trinajstić information content (AvgIpc) is 3.01. The highest BCUT2D eigenvalue weighted by molar-refractivity contribution is 5.91. The number of piperazine rings is 1. The van der Waals surface area contributed by atoms with Crippen molar-refractivity contribution in [2.45, 2.75) is 38.6 Å². The zero-order valence-corrected chi connectivity index (χ0v) is 12.3. The van der Waals surface area contributed by atoms with Gasteiger partial charge in [0.05, 0.1) is 38.5 Å². The maximum Gasteiger partial charge on any atom is 0.289 e. The van der Waals surface area contributed by atoms with Gasteiger partial charge in [-0.05, 0) is 30.9 Å². The summed E-state index contributed by atoms with van der Waals surface area (Å²) in [5.41, 5.74) is 0. The summed E-state index contributed by atoms with van der Waals surface area (Å²) in [7, 11) is 0. The number of rotatable bonds is 2. The molecule has 1 aliphatic carbocycles. The highest BCUT2D eigenvalue weighted by Gasteiger charge is 2.32. The van der Waals surface area contributed by atoms with Crippen LogP contribution in [-0.4, -0.2) is 43.0 Å². The zero-order chi connectivity index (χ0) is 13.9. The summed E-state index contributed by atoms with van der Waals surface area (Å²) >= 11 is 0. The van der Waals surface area contributed by atoms with Crippen molar-refractivity contribution < 1.29 is 14.1 Å². The molecule has 0 unspecified atom stereocenters. The molecule has 2 heterocycles. The van der Waals surface area contributed by atoms with E-state index in [1.807, 2.05) is 4.90 Å². The molecule has 4 heteroatoms. The Balaban J connectivity index is 1.53. The number of hydrogen-bond acceptors (Lipinski definition) is 2. The third-order valence-corrected chi connectivity index (χ3v) is 4.94. The van der Waals surface area contributed by atoms with Crippen molar-refractivity contribution in [1.82, 2.24) is 4.90 Å². The highest BCUT2D eigenvalue weighted by Crippen LogP contribution is 2.22. The number of nitrogens with one attached hydrogen (secondary N) is 1. The summed E-state index contributed by atoms with van der Waals surface area (Å²) in [6.45, 7) is 6.27. The average molecular weight is 277 g/mol. The van der Waals surface area contributed by atoms with Crippen LogP contribution in [0.25, 0.3) is 0 Å². The molecule has 0 spiro atoms. The van der Waals surface area contributed by atoms with Gasteiger partial charge in [-0.3, -0.25) is 4.79 Å². The third kappa shape index (κ3) is 2.90. The molecule has 0 bridgehead atoms. The Morgan fingerprint density at radius 3 is 2.80 bits per heavy atom. The van der Waals surface area contributed by atoms with E-state index in [4.69, 9.17) is 4.42 Å². The minimum Gasteiger partial charge on any atom is -0.459 e. The molecule has 110 valence electrons. The number of amides is 1. The third-order valence-electron chi connectivity index (χ3n) is 4.94. The van der Waals surface area contributed by atoms with Gasteiger partial charge in [0.1, 0.15) is 0 Å². The second-order valence-electron chi connectivity index (χ2n) is 6.40. The van der Waals surface area contributed by atoms with Crippen LogP contribution in [0, 0.1) is 5.92 Å². The largest absolute Gasteiger partial charge is 0.459 e. The molecule has 1 amide bonds. The number of carbonyl (C=O) groups excluding carboxylic acids is 1. The molecule has 1 N–H and O–H groups in total. The lowest BCUT2D eigenvalue weighted by Gasteiger charge is -2.39. The minimum absolute atomic E-state index is 0.0473. The van der Waals surface area contributed by atoms with Crippen molar-refractivity contribution in [2.75, 3.05) is 26.2 Å². The summed E-state index contributed by atoms with van der Waals surface area (Å²) in [6, 6.07) is 4.35. The lowest BCUT2D eigenvalue weighted by molar-refractivity contribution is -0.930. The molecule has 4 nitrogen and oxygen atoms in total. The Morgan fingerprint density at radius 2 is 2.15 bits per heavy atom. The van der Waals surface area contributed by atoms with Crippen LogP contribution in [0.4, 0.5) is 0 Å². The molecule has 1 saturated heterocycles. The zero-order valence-electron chi connectivity index (χ0n) is 12.3. The molecule has 1 saturated carbocycles. The quantitative estimate of drug-likeness (QED) is 0.882. The number of hydrogen-bond donors (Lipinski definition) is 1. The van der Waals surface area contributed by atoms with Crippen molar-refractivity contribution in [3.8, 4) is 0 Å². The summed E-state index contributed by atoms with van der Waals surface area (Å²) in [5, 5.41) is 0. The van der Waals surface area contributed by atoms with Gasteiger partial charge in [-0.15, -0.1) is 0 Å². The van der Waals surface area contributed by atoms with Gasteiger partial charge < -0.3 is 14.2 Å². The number of quaternary nitrogens is 1. The van der Waals surface area contributed by atoms with Crippen LogP contribution in [0.2, 0.25) is 0 Å². The van der Waals surface area contributed by atoms with Gasteiger partial charge in [0.15, 0.2) is 5.76 Å². The van der Waals surface area contributed by atoms with E-state index in [0.29, 0.717) is 5.76 Å². The first-order valence-corrected chi connectivity index (χ1v) is 7.91. The lowest BCUT2D eigenvalue weighted by atomic mass is 9.86. The number of carbonyl (C=O) groups is 1. The van der Waals surface area contributed by atoms with Crippen LogP contribution < -0.4 is 4.90 Å². The molecule has 1 aromatic heterocycles. The lowest BCUT2D eigenvalue weighted by Crippen LogP contribution is -3.18. The molecule has 0 aromatic carbocycles. The van der Waals surface area contributed by atoms with Gasteiger partial charge in [-0.25, -0.2) is 0 Å². The van der Waals surface area contributed by atoms with Gasteiger partial charge in [0, 0.05) is 6.42 Å². The summed E-state index contributed by atoms with van der Waals surface area (Å²) in [6.07, 6.45) is 7.07. The van der Waals surface area contributed by atoms with Crippen LogP contribution in [0.5, 0.6) is 0 Å². The van der Waals surface area contributed by atoms with Gasteiger partial charge in [0.2, 0.25) is 0 Å². The van der Waals surface area contributed by atoms with E-state index in [2.05, 4.69) is 6.92 Å². The standard InChI is InChI=1S/C16H24N2O2/c1-13-4-2-5-14(12-13)17-7-9-18(10-8-17)16(19)15-6-3-11-20-15/h3,6,11,13-14H,2,4-5,7-10,12H2,1H3/p+1/t13-,14-/m1/s1. The smallest absolute Gasteiger partial charge is 0.289 e. The van der Waals surface area contributed by atoms with Crippen LogP contribution in [0.1, 0.15) is 43.2 Å². The van der Waals surface area contributed by atoms with Crippen molar-refractivity contribution >= 4 is 5.91 Å². The molecule has 1 aliphatic heterocycles. The van der Waals surface area contributed by atoms with Crippen molar-refractivity contribution in [3.05, 3.63) is 24.2 Å². The van der Waals surface area contributed by atoms with Gasteiger partial charge in [-0.2, -0.15) is 0 Å². The number of furan rings is 1. The van der Waals surface area contributed by atoms with E-state index >= 15 is 0 Å². The van der Waals surface area contributed by atoms with Crippen LogP contribution in [-0.2, 0) is 0 Å². The van der Waals surface area contributed by atoms with E-state index < -0.39 is 0 Å². The molecule has 0 radical (unpaired) electrons. The normalized spacial score (nSPS) is 28.6. The monoisotopic (exact) mass is 277 g/mol. The number of nitrogens with zero attached hydrogens (tertiary/aromatic N) is 1. The fraction of sp³-hybridized carbons (Fsp3) is 0.688. The Labute approximate surface area is 120 Å². The first-order valence-electron chi connectivity index (χ1n) is 7.91. The first-order chi connectivity index (χ1) is 9.74. The van der Waals surface area contributed by atoms with Gasteiger partial charge in [0.25, 0.3) is 5.91 Å². The fourth-order valence-electron chi connectivity index (χ4n) is 3.77. The summed E-state index contributed by atoms with van der Waals surface area (Å²) in [4.78, 5) is 15.9.